The minimum absolute atomic E-state index is 0.0197. The number of aromatic nitrogens is 2. The van der Waals surface area contributed by atoms with Crippen LogP contribution in [0.15, 0.2) is 12.1 Å². The molecule has 0 radical (unpaired) electrons. The number of carbonyl (C=O) groups is 2. The molecule has 0 bridgehead atoms. The van der Waals surface area contributed by atoms with Crippen LogP contribution in [-0.2, 0) is 17.9 Å². The Morgan fingerprint density at radius 1 is 1.22 bits per heavy atom. The van der Waals surface area contributed by atoms with Gasteiger partial charge < -0.3 is 20.1 Å². The van der Waals surface area contributed by atoms with E-state index in [1.807, 2.05) is 25.8 Å². The van der Waals surface area contributed by atoms with Crippen LogP contribution in [0.25, 0.3) is 11.4 Å². The lowest BCUT2D eigenvalue weighted by Gasteiger charge is -2.19. The van der Waals surface area contributed by atoms with Gasteiger partial charge in [0.15, 0.2) is 5.69 Å². The maximum Gasteiger partial charge on any atom is 0.272 e. The molecule has 1 aliphatic rings. The molecule has 1 unspecified atom stereocenters. The second kappa shape index (κ2) is 9.95. The molecule has 1 aromatic carbocycles. The van der Waals surface area contributed by atoms with Gasteiger partial charge in [0, 0.05) is 26.2 Å². The van der Waals surface area contributed by atoms with Gasteiger partial charge in [0.05, 0.1) is 16.3 Å². The summed E-state index contributed by atoms with van der Waals surface area (Å²) in [5, 5.41) is 5.12. The summed E-state index contributed by atoms with van der Waals surface area (Å²) >= 11 is 5.90. The topological polar surface area (TPSA) is 79.3 Å². The van der Waals surface area contributed by atoms with Gasteiger partial charge in [0.2, 0.25) is 5.91 Å². The van der Waals surface area contributed by atoms with Gasteiger partial charge in [-0.15, -0.1) is 0 Å². The molecule has 10 heteroatoms. The SMILES string of the molecule is CNC(=O)C(CC(C)C)NC(=O)c1nc(-c2cc(Cl)c(F)cc2F)n2c1CN(C)CCC2. The highest BCUT2D eigenvalue weighted by Crippen LogP contribution is 2.31. The number of halogens is 3. The number of hydrogen-bond donors (Lipinski definition) is 2. The average Bonchev–Trinajstić information content (AvgIpc) is 2.95. The molecule has 0 fully saturated rings. The van der Waals surface area contributed by atoms with Crippen molar-refractivity contribution in [3.63, 3.8) is 0 Å². The van der Waals surface area contributed by atoms with E-state index in [0.29, 0.717) is 31.3 Å². The van der Waals surface area contributed by atoms with Crippen LogP contribution in [-0.4, -0.2) is 52.9 Å². The third-order valence-electron chi connectivity index (χ3n) is 5.46. The van der Waals surface area contributed by atoms with Crippen LogP contribution in [0.3, 0.4) is 0 Å². The predicted molar refractivity (Wildman–Crippen MR) is 118 cm³/mol. The molecule has 32 heavy (non-hydrogen) atoms. The second-order valence-electron chi connectivity index (χ2n) is 8.49. The monoisotopic (exact) mass is 467 g/mol. The van der Waals surface area contributed by atoms with E-state index in [2.05, 4.69) is 15.6 Å². The van der Waals surface area contributed by atoms with Crippen LogP contribution in [0.2, 0.25) is 5.02 Å². The van der Waals surface area contributed by atoms with Gasteiger partial charge >= 0.3 is 0 Å². The van der Waals surface area contributed by atoms with Crippen LogP contribution in [0.5, 0.6) is 0 Å². The van der Waals surface area contributed by atoms with Gasteiger partial charge in [0.25, 0.3) is 5.91 Å². The van der Waals surface area contributed by atoms with Gasteiger partial charge in [-0.05, 0) is 38.4 Å². The number of amides is 2. The van der Waals surface area contributed by atoms with Crippen molar-refractivity contribution >= 4 is 23.4 Å². The first kappa shape index (κ1) is 24.1. The van der Waals surface area contributed by atoms with Crippen molar-refractivity contribution in [3.05, 3.63) is 40.2 Å². The number of hydrogen-bond acceptors (Lipinski definition) is 4. The number of nitrogens with one attached hydrogen (secondary N) is 2. The third-order valence-corrected chi connectivity index (χ3v) is 5.74. The molecule has 7 nitrogen and oxygen atoms in total. The second-order valence-corrected chi connectivity index (χ2v) is 8.90. The first-order chi connectivity index (χ1) is 15.1. The van der Waals surface area contributed by atoms with Gasteiger partial charge in [-0.25, -0.2) is 13.8 Å². The number of imidazole rings is 1. The molecule has 174 valence electrons. The van der Waals surface area contributed by atoms with Crippen LogP contribution in [0.1, 0.15) is 42.9 Å². The summed E-state index contributed by atoms with van der Waals surface area (Å²) in [5.74, 6) is -2.11. The zero-order valence-corrected chi connectivity index (χ0v) is 19.4. The van der Waals surface area contributed by atoms with Crippen molar-refractivity contribution < 1.29 is 18.4 Å². The van der Waals surface area contributed by atoms with Crippen molar-refractivity contribution in [1.29, 1.82) is 0 Å². The maximum atomic E-state index is 14.7. The van der Waals surface area contributed by atoms with E-state index in [1.165, 1.54) is 13.1 Å². The summed E-state index contributed by atoms with van der Waals surface area (Å²) in [5.41, 5.74) is 0.745. The highest BCUT2D eigenvalue weighted by Gasteiger charge is 2.30. The lowest BCUT2D eigenvalue weighted by Crippen LogP contribution is -2.46. The van der Waals surface area contributed by atoms with Crippen molar-refractivity contribution in [2.24, 2.45) is 5.92 Å². The Hall–Kier alpha value is -2.52. The number of fused-ring (bicyclic) bond motifs is 1. The number of benzene rings is 1. The highest BCUT2D eigenvalue weighted by molar-refractivity contribution is 6.31. The molecule has 2 aromatic rings. The minimum atomic E-state index is -0.865. The number of nitrogens with zero attached hydrogens (tertiary/aromatic N) is 3. The molecule has 0 saturated carbocycles. The summed E-state index contributed by atoms with van der Waals surface area (Å²) < 4.78 is 30.2. The van der Waals surface area contributed by atoms with Gasteiger partial charge in [-0.2, -0.15) is 0 Å². The molecule has 0 spiro atoms. The van der Waals surface area contributed by atoms with E-state index in [4.69, 9.17) is 11.6 Å². The maximum absolute atomic E-state index is 14.7. The molecule has 2 amide bonds. The fourth-order valence-corrected chi connectivity index (χ4v) is 4.07. The number of likely N-dealkylation sites (N-methyl/N-ethyl adjacent to an activating group) is 1. The van der Waals surface area contributed by atoms with Crippen LogP contribution in [0, 0.1) is 17.6 Å². The van der Waals surface area contributed by atoms with Gasteiger partial charge in [-0.3, -0.25) is 9.59 Å². The molecule has 1 aromatic heterocycles. The fraction of sp³-hybridized carbons (Fsp3) is 0.500. The Kier molecular flexibility index (Phi) is 7.51. The highest BCUT2D eigenvalue weighted by atomic mass is 35.5. The Morgan fingerprint density at radius 2 is 1.94 bits per heavy atom. The molecule has 3 rings (SSSR count). The average molecular weight is 468 g/mol. The first-order valence-corrected chi connectivity index (χ1v) is 11.0. The smallest absolute Gasteiger partial charge is 0.272 e. The summed E-state index contributed by atoms with van der Waals surface area (Å²) in [6.45, 7) is 5.62. The standard InChI is InChI=1S/C22H28ClF2N5O2/c1-12(2)8-17(21(31)26-3)27-22(32)19-18-11-29(4)6-5-7-30(18)20(28-19)13-9-14(23)16(25)10-15(13)24/h9-10,12,17H,5-8,11H2,1-4H3,(H,26,31)(H,27,32). The minimum Gasteiger partial charge on any atom is -0.357 e. The normalized spacial score (nSPS) is 15.2. The molecule has 1 atom stereocenters. The zero-order chi connectivity index (χ0) is 23.6. The molecule has 0 aliphatic carbocycles. The van der Waals surface area contributed by atoms with E-state index >= 15 is 0 Å². The third kappa shape index (κ3) is 5.10. The van der Waals surface area contributed by atoms with Crippen LogP contribution >= 0.6 is 11.6 Å². The summed E-state index contributed by atoms with van der Waals surface area (Å²) in [4.78, 5) is 32.0. The molecular weight excluding hydrogens is 440 g/mol. The Morgan fingerprint density at radius 3 is 2.59 bits per heavy atom. The predicted octanol–water partition coefficient (Wildman–Crippen LogP) is 3.21. The Labute approximate surface area is 191 Å². The molecule has 1 aliphatic heterocycles. The largest absolute Gasteiger partial charge is 0.357 e. The van der Waals surface area contributed by atoms with Crippen molar-refractivity contribution in [2.45, 2.75) is 45.8 Å². The molecular formula is C22H28ClF2N5O2. The first-order valence-electron chi connectivity index (χ1n) is 10.6. The van der Waals surface area contributed by atoms with Gasteiger partial charge in [-0.1, -0.05) is 25.4 Å². The number of rotatable bonds is 6. The summed E-state index contributed by atoms with van der Waals surface area (Å²) in [6.07, 6.45) is 1.22. The summed E-state index contributed by atoms with van der Waals surface area (Å²) in [7, 11) is 3.43. The van der Waals surface area contributed by atoms with Crippen LogP contribution < -0.4 is 10.6 Å². The van der Waals surface area contributed by atoms with Crippen molar-refractivity contribution in [2.75, 3.05) is 20.6 Å². The quantitative estimate of drug-likeness (QED) is 0.639. The lowest BCUT2D eigenvalue weighted by molar-refractivity contribution is -0.122. The van der Waals surface area contributed by atoms with Gasteiger partial charge in [0.1, 0.15) is 23.5 Å². The van der Waals surface area contributed by atoms with E-state index in [0.717, 1.165) is 13.0 Å². The van der Waals surface area contributed by atoms with E-state index < -0.39 is 23.6 Å². The number of carbonyl (C=O) groups excluding carboxylic acids is 2. The molecule has 2 heterocycles. The zero-order valence-electron chi connectivity index (χ0n) is 18.6. The van der Waals surface area contributed by atoms with E-state index in [9.17, 15) is 18.4 Å². The van der Waals surface area contributed by atoms with E-state index in [-0.39, 0.29) is 33.9 Å². The Bertz CT molecular complexity index is 1020. The van der Waals surface area contributed by atoms with Crippen molar-refractivity contribution in [3.8, 4) is 11.4 Å². The molecule has 0 saturated heterocycles. The summed E-state index contributed by atoms with van der Waals surface area (Å²) in [6, 6.07) is 1.17. The fourth-order valence-electron chi connectivity index (χ4n) is 3.91. The van der Waals surface area contributed by atoms with Crippen molar-refractivity contribution in [1.82, 2.24) is 25.1 Å². The lowest BCUT2D eigenvalue weighted by atomic mass is 10.0. The van der Waals surface area contributed by atoms with E-state index in [1.54, 1.807) is 4.57 Å². The Balaban J connectivity index is 2.07. The molecule has 2 N–H and O–H groups in total. The van der Waals surface area contributed by atoms with Crippen LogP contribution in [0.4, 0.5) is 8.78 Å².